The average molecular weight is 669 g/mol. The van der Waals surface area contributed by atoms with Crippen LogP contribution in [0.1, 0.15) is 5.56 Å². The van der Waals surface area contributed by atoms with Gasteiger partial charge >= 0.3 is 11.9 Å². The first-order valence-corrected chi connectivity index (χ1v) is 11.5. The number of hydrogen-bond donors (Lipinski definition) is 3. The summed E-state index contributed by atoms with van der Waals surface area (Å²) < 4.78 is 22.4. The van der Waals surface area contributed by atoms with Gasteiger partial charge in [-0.15, -0.1) is 0 Å². The normalized spacial score (nSPS) is 10.6. The summed E-state index contributed by atoms with van der Waals surface area (Å²) in [6.07, 6.45) is 1.21. The van der Waals surface area contributed by atoms with Crippen LogP contribution in [-0.4, -0.2) is 61.2 Å². The fourth-order valence-electron chi connectivity index (χ4n) is 2.36. The molecule has 0 bridgehead atoms. The summed E-state index contributed by atoms with van der Waals surface area (Å²) in [6, 6.07) is 6.50. The molecule has 0 heterocycles. The molecule has 0 radical (unpaired) electrons. The molecule has 0 saturated carbocycles. The largest absolute Gasteiger partial charge is 0.493 e. The average Bonchev–Trinajstić information content (AvgIpc) is 2.77. The van der Waals surface area contributed by atoms with E-state index in [4.69, 9.17) is 29.2 Å². The number of aliphatic carboxylic acids is 2. The molecule has 34 heavy (non-hydrogen) atoms. The number of ether oxygens (including phenoxy) is 4. The minimum atomic E-state index is -1.24. The van der Waals surface area contributed by atoms with Crippen LogP contribution >= 0.6 is 47.8 Å². The van der Waals surface area contributed by atoms with Gasteiger partial charge in [-0.1, -0.05) is 15.9 Å². The summed E-state index contributed by atoms with van der Waals surface area (Å²) in [4.78, 5) is 33.9. The van der Waals surface area contributed by atoms with Gasteiger partial charge in [0.1, 0.15) is 10.2 Å². The molecule has 14 heteroatoms. The van der Waals surface area contributed by atoms with Crippen molar-refractivity contribution in [1.29, 1.82) is 0 Å². The second kappa shape index (κ2) is 13.2. The van der Waals surface area contributed by atoms with Crippen molar-refractivity contribution in [2.45, 2.75) is 0 Å². The van der Waals surface area contributed by atoms with Gasteiger partial charge < -0.3 is 29.2 Å². The van der Waals surface area contributed by atoms with Crippen LogP contribution in [0.4, 0.5) is 0 Å². The highest BCUT2D eigenvalue weighted by atomic mass is 79.9. The summed E-state index contributed by atoms with van der Waals surface area (Å²) in [5.41, 5.74) is 2.54. The Morgan fingerprint density at radius 2 is 1.59 bits per heavy atom. The van der Waals surface area contributed by atoms with Crippen LogP contribution in [0.5, 0.6) is 23.0 Å². The van der Waals surface area contributed by atoms with Crippen LogP contribution in [0.3, 0.4) is 0 Å². The number of carboxylic acid groups (broad SMARTS) is 2. The van der Waals surface area contributed by atoms with Gasteiger partial charge in [-0.05, 0) is 56.1 Å². The third kappa shape index (κ3) is 8.18. The van der Waals surface area contributed by atoms with E-state index in [1.807, 2.05) is 0 Å². The van der Waals surface area contributed by atoms with Crippen LogP contribution in [0.2, 0.25) is 0 Å². The van der Waals surface area contributed by atoms with E-state index >= 15 is 0 Å². The molecule has 2 aromatic rings. The number of nitrogens with one attached hydrogen (secondary N) is 1. The standard InChI is InChI=1S/C20H17Br3N2O9/c1-31-14-5-11(21)2-3-13(14)32-7-15(26)25-24-6-10-4-12(22)20(34-9-17(29)30)18(23)19(10)33-8-16(27)28/h2-6H,7-9H2,1H3,(H,25,26)(H,27,28)(H,29,30)/b24-6-. The Morgan fingerprint density at radius 1 is 0.941 bits per heavy atom. The first-order valence-electron chi connectivity index (χ1n) is 9.11. The molecule has 2 rings (SSSR count). The minimum Gasteiger partial charge on any atom is -0.493 e. The smallest absolute Gasteiger partial charge is 0.341 e. The van der Waals surface area contributed by atoms with Crippen molar-refractivity contribution >= 4 is 71.9 Å². The Balaban J connectivity index is 2.14. The quantitative estimate of drug-likeness (QED) is 0.228. The summed E-state index contributed by atoms with van der Waals surface area (Å²) in [6.45, 7) is -1.68. The summed E-state index contributed by atoms with van der Waals surface area (Å²) in [5.74, 6) is -2.12. The third-order valence-electron chi connectivity index (χ3n) is 3.72. The van der Waals surface area contributed by atoms with Crippen LogP contribution in [0, 0.1) is 0 Å². The Kier molecular flexibility index (Phi) is 10.6. The number of amides is 1. The maximum absolute atomic E-state index is 12.1. The Bertz CT molecular complexity index is 1110. The number of carbonyl (C=O) groups is 3. The van der Waals surface area contributed by atoms with Crippen molar-refractivity contribution in [2.24, 2.45) is 5.10 Å². The third-order valence-corrected chi connectivity index (χ3v) is 5.52. The highest BCUT2D eigenvalue weighted by Gasteiger charge is 2.19. The second-order valence-corrected chi connectivity index (χ2v) is 8.72. The predicted molar refractivity (Wildman–Crippen MR) is 130 cm³/mol. The fraction of sp³-hybridized carbons (Fsp3) is 0.200. The summed E-state index contributed by atoms with van der Waals surface area (Å²) in [5, 5.41) is 21.6. The van der Waals surface area contributed by atoms with Gasteiger partial charge in [0, 0.05) is 10.0 Å². The number of rotatable bonds is 12. The molecule has 0 fully saturated rings. The number of benzene rings is 2. The van der Waals surface area contributed by atoms with Gasteiger partial charge in [0.15, 0.2) is 37.1 Å². The maximum Gasteiger partial charge on any atom is 0.341 e. The molecular formula is C20H17Br3N2O9. The van der Waals surface area contributed by atoms with E-state index in [0.717, 1.165) is 4.47 Å². The minimum absolute atomic E-state index is 0.0137. The van der Waals surface area contributed by atoms with E-state index in [1.165, 1.54) is 19.4 Å². The maximum atomic E-state index is 12.1. The van der Waals surface area contributed by atoms with E-state index < -0.39 is 31.1 Å². The highest BCUT2D eigenvalue weighted by molar-refractivity contribution is 9.11. The van der Waals surface area contributed by atoms with Crippen LogP contribution in [0.15, 0.2) is 42.8 Å². The number of methoxy groups -OCH3 is 1. The molecule has 1 amide bonds. The Hall–Kier alpha value is -2.84. The van der Waals surface area contributed by atoms with Crippen LogP contribution in [0.25, 0.3) is 0 Å². The van der Waals surface area contributed by atoms with Crippen molar-refractivity contribution < 1.29 is 43.5 Å². The summed E-state index contributed by atoms with van der Waals surface area (Å²) in [7, 11) is 1.47. The van der Waals surface area contributed by atoms with Gasteiger partial charge in [-0.2, -0.15) is 5.10 Å². The van der Waals surface area contributed by atoms with Gasteiger partial charge in [-0.3, -0.25) is 4.79 Å². The second-order valence-electron chi connectivity index (χ2n) is 6.16. The lowest BCUT2D eigenvalue weighted by Gasteiger charge is -2.15. The molecule has 0 spiro atoms. The molecule has 182 valence electrons. The molecule has 0 aromatic heterocycles. The zero-order valence-electron chi connectivity index (χ0n) is 17.3. The Labute approximate surface area is 218 Å². The number of hydrogen-bond acceptors (Lipinski definition) is 8. The van der Waals surface area contributed by atoms with Gasteiger partial charge in [0.05, 0.1) is 17.8 Å². The van der Waals surface area contributed by atoms with Gasteiger partial charge in [-0.25, -0.2) is 15.0 Å². The van der Waals surface area contributed by atoms with Crippen molar-refractivity contribution in [1.82, 2.24) is 5.43 Å². The fourth-order valence-corrected chi connectivity index (χ4v) is 4.19. The van der Waals surface area contributed by atoms with E-state index in [0.29, 0.717) is 16.0 Å². The number of halogens is 3. The zero-order valence-corrected chi connectivity index (χ0v) is 22.1. The van der Waals surface area contributed by atoms with Crippen molar-refractivity contribution in [2.75, 3.05) is 26.9 Å². The van der Waals surface area contributed by atoms with E-state index in [1.54, 1.807) is 18.2 Å². The molecular weight excluding hydrogens is 652 g/mol. The first kappa shape index (κ1) is 27.4. The van der Waals surface area contributed by atoms with Crippen molar-refractivity contribution in [3.63, 3.8) is 0 Å². The number of nitrogens with zero attached hydrogens (tertiary/aromatic N) is 1. The number of carboxylic acids is 2. The summed E-state index contributed by atoms with van der Waals surface area (Å²) >= 11 is 9.78. The van der Waals surface area contributed by atoms with Gasteiger partial charge in [0.25, 0.3) is 5.91 Å². The molecule has 3 N–H and O–H groups in total. The van der Waals surface area contributed by atoms with Crippen LogP contribution in [-0.2, 0) is 14.4 Å². The number of hydrazone groups is 1. The zero-order chi connectivity index (χ0) is 25.3. The predicted octanol–water partition coefficient (Wildman–Crippen LogP) is 3.44. The topological polar surface area (TPSA) is 153 Å². The molecule has 0 unspecified atom stereocenters. The lowest BCUT2D eigenvalue weighted by Crippen LogP contribution is -2.24. The monoisotopic (exact) mass is 666 g/mol. The lowest BCUT2D eigenvalue weighted by atomic mass is 10.2. The van der Waals surface area contributed by atoms with E-state index in [-0.39, 0.29) is 28.1 Å². The molecule has 0 aliphatic heterocycles. The lowest BCUT2D eigenvalue weighted by molar-refractivity contribution is -0.140. The SMILES string of the molecule is COc1cc(Br)ccc1OCC(=O)N/N=C\c1cc(Br)c(OCC(=O)O)c(Br)c1OCC(=O)O. The molecule has 11 nitrogen and oxygen atoms in total. The number of carbonyl (C=O) groups excluding carboxylic acids is 1. The van der Waals surface area contributed by atoms with Gasteiger partial charge in [0.2, 0.25) is 0 Å². The first-order chi connectivity index (χ1) is 16.1. The highest BCUT2D eigenvalue weighted by Crippen LogP contribution is 2.42. The van der Waals surface area contributed by atoms with Crippen molar-refractivity contribution in [3.8, 4) is 23.0 Å². The molecule has 0 aliphatic carbocycles. The molecule has 0 saturated heterocycles. The Morgan fingerprint density at radius 3 is 2.21 bits per heavy atom. The van der Waals surface area contributed by atoms with E-state index in [9.17, 15) is 14.4 Å². The molecule has 0 atom stereocenters. The van der Waals surface area contributed by atoms with Crippen LogP contribution < -0.4 is 24.4 Å². The van der Waals surface area contributed by atoms with E-state index in [2.05, 4.69) is 58.3 Å². The molecule has 2 aromatic carbocycles. The van der Waals surface area contributed by atoms with Crippen molar-refractivity contribution in [3.05, 3.63) is 43.2 Å². The molecule has 0 aliphatic rings.